The highest BCUT2D eigenvalue weighted by Gasteiger charge is 2.54. The Balaban J connectivity index is 0.970. The average Bonchev–Trinajstić information content (AvgIpc) is 3.37. The summed E-state index contributed by atoms with van der Waals surface area (Å²) in [7, 11) is 0. The highest BCUT2D eigenvalue weighted by molar-refractivity contribution is 5.97. The van der Waals surface area contributed by atoms with Crippen LogP contribution in [0.3, 0.4) is 0 Å². The number of likely N-dealkylation sites (tertiary alicyclic amines) is 1. The van der Waals surface area contributed by atoms with Crippen LogP contribution in [0.15, 0.2) is 24.5 Å². The third-order valence-corrected chi connectivity index (χ3v) is 12.2. The number of fused-ring (bicyclic) bond motifs is 2. The number of benzene rings is 1. The van der Waals surface area contributed by atoms with E-state index in [0.717, 1.165) is 76.0 Å². The van der Waals surface area contributed by atoms with E-state index in [9.17, 15) is 14.0 Å². The molecular weight excluding hydrogens is 583 g/mol. The van der Waals surface area contributed by atoms with Gasteiger partial charge >= 0.3 is 0 Å². The van der Waals surface area contributed by atoms with Gasteiger partial charge in [-0.25, -0.2) is 9.37 Å². The van der Waals surface area contributed by atoms with Crippen LogP contribution >= 0.6 is 0 Å². The summed E-state index contributed by atoms with van der Waals surface area (Å²) in [5.41, 5.74) is 0.765. The molecule has 2 aromatic rings. The molecule has 1 amide bonds. The third kappa shape index (κ3) is 5.79. The molecule has 8 rings (SSSR count). The number of hydrogen-bond acceptors (Lipinski definition) is 8. The van der Waals surface area contributed by atoms with Gasteiger partial charge in [-0.15, -0.1) is 10.2 Å². The normalized spacial score (nSPS) is 28.8. The van der Waals surface area contributed by atoms with Gasteiger partial charge in [-0.3, -0.25) is 9.59 Å². The minimum absolute atomic E-state index is 0.0603. The second kappa shape index (κ2) is 12.1. The molecule has 3 unspecified atom stereocenters. The Bertz CT molecular complexity index is 1460. The maximum atomic E-state index is 14.4. The quantitative estimate of drug-likeness (QED) is 0.343. The molecule has 46 heavy (non-hydrogen) atoms. The predicted molar refractivity (Wildman–Crippen MR) is 173 cm³/mol. The van der Waals surface area contributed by atoms with Gasteiger partial charge in [0.15, 0.2) is 5.82 Å². The molecule has 3 heterocycles. The number of ether oxygens (including phenoxy) is 1. The van der Waals surface area contributed by atoms with Gasteiger partial charge in [-0.05, 0) is 127 Å². The van der Waals surface area contributed by atoms with Gasteiger partial charge in [0, 0.05) is 50.0 Å². The first-order valence-corrected chi connectivity index (χ1v) is 17.5. The van der Waals surface area contributed by atoms with Crippen LogP contribution in [0.4, 0.5) is 10.2 Å². The number of aromatic nitrogens is 3. The summed E-state index contributed by atoms with van der Waals surface area (Å²) in [4.78, 5) is 36.9. The van der Waals surface area contributed by atoms with Crippen LogP contribution in [-0.4, -0.2) is 81.5 Å². The van der Waals surface area contributed by atoms with E-state index in [1.807, 2.05) is 27.7 Å². The number of carbonyl (C=O) groups excluding carboxylic acids is 2. The lowest BCUT2D eigenvalue weighted by Gasteiger charge is -2.56. The maximum Gasteiger partial charge on any atom is 0.282 e. The largest absolute Gasteiger partial charge is 0.434 e. The van der Waals surface area contributed by atoms with E-state index in [-0.39, 0.29) is 40.6 Å². The predicted octanol–water partition coefficient (Wildman–Crippen LogP) is 6.14. The number of carbonyl (C=O) groups is 2. The molecule has 4 saturated carbocycles. The van der Waals surface area contributed by atoms with Crippen LogP contribution in [0.5, 0.6) is 11.6 Å². The van der Waals surface area contributed by atoms with Crippen LogP contribution < -0.4 is 9.64 Å². The topological polar surface area (TPSA) is 91.8 Å². The van der Waals surface area contributed by atoms with E-state index in [4.69, 9.17) is 4.74 Å². The Morgan fingerprint density at radius 2 is 1.87 bits per heavy atom. The fraction of sp³-hybridized carbons (Fsp3) is 0.694. The molecule has 1 aromatic carbocycles. The van der Waals surface area contributed by atoms with E-state index in [1.165, 1.54) is 56.8 Å². The lowest BCUT2D eigenvalue weighted by molar-refractivity contribution is -0.120. The molecule has 1 aromatic heterocycles. The molecule has 4 atom stereocenters. The van der Waals surface area contributed by atoms with Crippen molar-refractivity contribution in [3.05, 3.63) is 35.9 Å². The minimum Gasteiger partial charge on any atom is -0.434 e. The van der Waals surface area contributed by atoms with Gasteiger partial charge in [0.1, 0.15) is 23.7 Å². The van der Waals surface area contributed by atoms with Crippen LogP contribution in [-0.2, 0) is 4.79 Å². The van der Waals surface area contributed by atoms with Crippen LogP contribution in [0, 0.1) is 34.4 Å². The summed E-state index contributed by atoms with van der Waals surface area (Å²) >= 11 is 0. The summed E-state index contributed by atoms with van der Waals surface area (Å²) in [6.07, 6.45) is 11.9. The Labute approximate surface area is 272 Å². The molecule has 2 bridgehead atoms. The van der Waals surface area contributed by atoms with E-state index in [2.05, 4.69) is 25.0 Å². The van der Waals surface area contributed by atoms with Crippen molar-refractivity contribution in [2.45, 2.75) is 97.6 Å². The monoisotopic (exact) mass is 632 g/mol. The Morgan fingerprint density at radius 3 is 2.52 bits per heavy atom. The molecule has 10 heteroatoms. The molecule has 2 spiro atoms. The van der Waals surface area contributed by atoms with Gasteiger partial charge in [0.25, 0.3) is 11.8 Å². The Hall–Kier alpha value is -3.14. The van der Waals surface area contributed by atoms with Crippen molar-refractivity contribution in [3.8, 4) is 11.6 Å². The second-order valence-electron chi connectivity index (χ2n) is 15.7. The van der Waals surface area contributed by atoms with Crippen molar-refractivity contribution < 1.29 is 18.7 Å². The van der Waals surface area contributed by atoms with Gasteiger partial charge < -0.3 is 19.4 Å². The number of anilines is 1. The van der Waals surface area contributed by atoms with Crippen molar-refractivity contribution in [3.63, 3.8) is 0 Å². The van der Waals surface area contributed by atoms with Gasteiger partial charge in [0.05, 0.1) is 5.56 Å². The fourth-order valence-electron chi connectivity index (χ4n) is 9.92. The molecule has 4 aliphatic carbocycles. The van der Waals surface area contributed by atoms with Gasteiger partial charge in [-0.2, -0.15) is 0 Å². The standard InChI is InChI=1S/C36H49FN6O3/c1-23(2)43(24(3)4)34(45)30-16-28(37)7-8-31(30)46-33-32(38-22-39-40-33)42-20-35(21-42)11-13-41(14-12-35)19-26-15-27-6-5-25(26)17-36(27)10-9-29(44)18-36/h7-8,16,22-27H,5-6,9-15,17-21H2,1-4H3/t25?,26-,27?,36?/m1/s1. The molecule has 9 nitrogen and oxygen atoms in total. The van der Waals surface area contributed by atoms with Gasteiger partial charge in [-0.1, -0.05) is 0 Å². The van der Waals surface area contributed by atoms with Crippen molar-refractivity contribution >= 4 is 17.5 Å². The smallest absolute Gasteiger partial charge is 0.282 e. The molecular formula is C36H49FN6O3. The Kier molecular flexibility index (Phi) is 8.31. The fourth-order valence-corrected chi connectivity index (χ4v) is 9.92. The van der Waals surface area contributed by atoms with Crippen molar-refractivity contribution in [1.82, 2.24) is 25.0 Å². The highest BCUT2D eigenvalue weighted by atomic mass is 19.1. The van der Waals surface area contributed by atoms with E-state index < -0.39 is 5.82 Å². The van der Waals surface area contributed by atoms with Crippen LogP contribution in [0.1, 0.15) is 95.8 Å². The molecule has 0 N–H and O–H groups in total. The average molecular weight is 633 g/mol. The number of ketones is 1. The van der Waals surface area contributed by atoms with Crippen LogP contribution in [0.2, 0.25) is 0 Å². The molecule has 6 fully saturated rings. The minimum atomic E-state index is -0.498. The lowest BCUT2D eigenvalue weighted by Crippen LogP contribution is -2.61. The number of nitrogens with zero attached hydrogens (tertiary/aromatic N) is 6. The lowest BCUT2D eigenvalue weighted by atomic mass is 9.52. The molecule has 2 aliphatic heterocycles. The number of piperidine rings is 1. The zero-order valence-electron chi connectivity index (χ0n) is 27.9. The first-order valence-electron chi connectivity index (χ1n) is 17.5. The third-order valence-electron chi connectivity index (χ3n) is 12.2. The number of amides is 1. The SMILES string of the molecule is CC(C)N(C(=O)c1cc(F)ccc1Oc1nncnc1N1CC2(CCN(C[C@H]3CC4CCC3CC43CCC(=O)C3)CC2)C1)C(C)C. The van der Waals surface area contributed by atoms with Crippen LogP contribution in [0.25, 0.3) is 0 Å². The number of Topliss-reactive ketones (excluding diaryl/α,β-unsaturated/α-hetero) is 1. The summed E-state index contributed by atoms with van der Waals surface area (Å²) in [5, 5.41) is 8.23. The summed E-state index contributed by atoms with van der Waals surface area (Å²) in [6.45, 7) is 13.0. The van der Waals surface area contributed by atoms with Crippen molar-refractivity contribution in [1.29, 1.82) is 0 Å². The van der Waals surface area contributed by atoms with E-state index in [1.54, 1.807) is 4.90 Å². The van der Waals surface area contributed by atoms with Gasteiger partial charge in [0.2, 0.25) is 0 Å². The second-order valence-corrected chi connectivity index (χ2v) is 15.7. The molecule has 248 valence electrons. The first-order chi connectivity index (χ1) is 22.0. The number of hydrogen-bond donors (Lipinski definition) is 0. The summed E-state index contributed by atoms with van der Waals surface area (Å²) in [6, 6.07) is 3.89. The van der Waals surface area contributed by atoms with Crippen molar-refractivity contribution in [2.75, 3.05) is 37.6 Å². The van der Waals surface area contributed by atoms with E-state index in [0.29, 0.717) is 17.0 Å². The van der Waals surface area contributed by atoms with Crippen molar-refractivity contribution in [2.24, 2.45) is 28.6 Å². The summed E-state index contributed by atoms with van der Waals surface area (Å²) < 4.78 is 20.6. The number of rotatable bonds is 8. The Morgan fingerprint density at radius 1 is 1.11 bits per heavy atom. The molecule has 2 saturated heterocycles. The molecule has 6 aliphatic rings. The first kappa shape index (κ1) is 31.5. The van der Waals surface area contributed by atoms with E-state index >= 15 is 0 Å². The highest BCUT2D eigenvalue weighted by Crippen LogP contribution is 2.61. The maximum absolute atomic E-state index is 14.4. The zero-order valence-corrected chi connectivity index (χ0v) is 27.9. The number of halogens is 1. The zero-order chi connectivity index (χ0) is 32.2. The summed E-state index contributed by atoms with van der Waals surface area (Å²) in [5.74, 6) is 3.14. The molecule has 0 radical (unpaired) electrons.